The minimum absolute atomic E-state index is 0.207. The summed E-state index contributed by atoms with van der Waals surface area (Å²) in [6, 6.07) is 5.04. The van der Waals surface area contributed by atoms with E-state index >= 15 is 0 Å². The molecule has 1 aromatic carbocycles. The van der Waals surface area contributed by atoms with Gasteiger partial charge in [-0.1, -0.05) is 45.3 Å². The van der Waals surface area contributed by atoms with Crippen molar-refractivity contribution in [1.29, 1.82) is 0 Å². The number of hydrogen-bond donors (Lipinski definition) is 1. The number of nitrogens with one attached hydrogen (secondary N) is 1. The average molecular weight is 317 g/mol. The summed E-state index contributed by atoms with van der Waals surface area (Å²) in [5, 5.41) is 2.60. The summed E-state index contributed by atoms with van der Waals surface area (Å²) >= 11 is 0. The smallest absolute Gasteiger partial charge is 0.247 e. The number of carbonyl (C=O) groups is 1. The van der Waals surface area contributed by atoms with E-state index in [1.54, 1.807) is 6.07 Å². The molecule has 0 saturated heterocycles. The van der Waals surface area contributed by atoms with Crippen LogP contribution in [-0.4, -0.2) is 5.91 Å². The van der Waals surface area contributed by atoms with E-state index in [0.29, 0.717) is 11.6 Å². The van der Waals surface area contributed by atoms with Crippen LogP contribution in [0.3, 0.4) is 0 Å². The second-order valence-corrected chi connectivity index (χ2v) is 6.64. The fourth-order valence-corrected chi connectivity index (χ4v) is 3.57. The molecular weight excluding hydrogens is 289 g/mol. The van der Waals surface area contributed by atoms with E-state index in [-0.39, 0.29) is 11.7 Å². The van der Waals surface area contributed by atoms with E-state index < -0.39 is 0 Å². The van der Waals surface area contributed by atoms with Gasteiger partial charge in [0.05, 0.1) is 0 Å². The number of anilines is 1. The number of hydrogen-bond acceptors (Lipinski definition) is 1. The molecular formula is C20H28FNO. The Morgan fingerprint density at radius 1 is 1.30 bits per heavy atom. The minimum atomic E-state index is -0.315. The van der Waals surface area contributed by atoms with Gasteiger partial charge in [-0.25, -0.2) is 4.39 Å². The van der Waals surface area contributed by atoms with Gasteiger partial charge in [-0.05, 0) is 61.3 Å². The predicted octanol–water partition coefficient (Wildman–Crippen LogP) is 5.80. The van der Waals surface area contributed by atoms with E-state index in [4.69, 9.17) is 0 Å². The average Bonchev–Trinajstić information content (AvgIpc) is 2.56. The minimum Gasteiger partial charge on any atom is -0.322 e. The van der Waals surface area contributed by atoms with E-state index in [0.717, 1.165) is 24.3 Å². The van der Waals surface area contributed by atoms with Crippen molar-refractivity contribution in [3.63, 3.8) is 0 Å². The van der Waals surface area contributed by atoms with Gasteiger partial charge in [0.25, 0.3) is 0 Å². The number of unbranched alkanes of at least 4 members (excludes halogenated alkanes) is 2. The second kappa shape index (κ2) is 8.85. The Balaban J connectivity index is 1.90. The Hall–Kier alpha value is -1.64. The molecule has 1 amide bonds. The molecule has 1 saturated carbocycles. The standard InChI is InChI=1S/C20H28FNO/c1-3-5-6-7-15-8-10-16(11-9-15)18-13-12-17(14-19(18)21)22-20(23)4-2/h4,12-16H,2-3,5-11H2,1H3,(H,22,23). The van der Waals surface area contributed by atoms with Crippen LogP contribution in [0.1, 0.15) is 69.8 Å². The van der Waals surface area contributed by atoms with Gasteiger partial charge in [-0.2, -0.15) is 0 Å². The zero-order valence-electron chi connectivity index (χ0n) is 14.1. The molecule has 1 aliphatic carbocycles. The first-order valence-corrected chi connectivity index (χ1v) is 8.87. The maximum atomic E-state index is 14.4. The maximum Gasteiger partial charge on any atom is 0.247 e. The van der Waals surface area contributed by atoms with Gasteiger partial charge >= 0.3 is 0 Å². The largest absolute Gasteiger partial charge is 0.322 e. The molecule has 1 fully saturated rings. The maximum absolute atomic E-state index is 14.4. The van der Waals surface area contributed by atoms with E-state index in [2.05, 4.69) is 18.8 Å². The lowest BCUT2D eigenvalue weighted by molar-refractivity contribution is -0.111. The van der Waals surface area contributed by atoms with Crippen LogP contribution in [0, 0.1) is 11.7 Å². The van der Waals surface area contributed by atoms with Crippen LogP contribution < -0.4 is 5.32 Å². The lowest BCUT2D eigenvalue weighted by atomic mass is 9.77. The van der Waals surface area contributed by atoms with E-state index in [1.165, 1.54) is 50.7 Å². The number of benzene rings is 1. The van der Waals surface area contributed by atoms with Crippen molar-refractivity contribution in [2.45, 2.75) is 64.2 Å². The number of halogens is 1. The number of amides is 1. The van der Waals surface area contributed by atoms with Crippen LogP contribution in [-0.2, 0) is 4.79 Å². The van der Waals surface area contributed by atoms with Crippen molar-refractivity contribution in [3.05, 3.63) is 42.2 Å². The molecule has 1 aromatic rings. The summed E-state index contributed by atoms with van der Waals surface area (Å²) in [5.74, 6) is 0.625. The van der Waals surface area contributed by atoms with Gasteiger partial charge in [0.15, 0.2) is 0 Å². The Labute approximate surface area is 139 Å². The second-order valence-electron chi connectivity index (χ2n) is 6.64. The molecule has 0 atom stereocenters. The quantitative estimate of drug-likeness (QED) is 0.499. The van der Waals surface area contributed by atoms with Crippen molar-refractivity contribution in [3.8, 4) is 0 Å². The molecule has 23 heavy (non-hydrogen) atoms. The van der Waals surface area contributed by atoms with Crippen LogP contribution in [0.5, 0.6) is 0 Å². The number of carbonyl (C=O) groups excluding carboxylic acids is 1. The fourth-order valence-electron chi connectivity index (χ4n) is 3.57. The molecule has 0 bridgehead atoms. The lowest BCUT2D eigenvalue weighted by Gasteiger charge is -2.29. The van der Waals surface area contributed by atoms with Crippen molar-refractivity contribution in [2.24, 2.45) is 5.92 Å². The third-order valence-electron chi connectivity index (χ3n) is 4.96. The van der Waals surface area contributed by atoms with Gasteiger partial charge in [-0.3, -0.25) is 4.79 Å². The Kier molecular flexibility index (Phi) is 6.82. The summed E-state index contributed by atoms with van der Waals surface area (Å²) < 4.78 is 14.4. The van der Waals surface area contributed by atoms with Gasteiger partial charge in [0.1, 0.15) is 5.82 Å². The molecule has 0 heterocycles. The van der Waals surface area contributed by atoms with Crippen molar-refractivity contribution < 1.29 is 9.18 Å². The van der Waals surface area contributed by atoms with Crippen molar-refractivity contribution in [2.75, 3.05) is 5.32 Å². The summed E-state index contributed by atoms with van der Waals surface area (Å²) in [7, 11) is 0. The van der Waals surface area contributed by atoms with Gasteiger partial charge in [0.2, 0.25) is 5.91 Å². The molecule has 0 aliphatic heterocycles. The van der Waals surface area contributed by atoms with E-state index in [1.807, 2.05) is 6.07 Å². The summed E-state index contributed by atoms with van der Waals surface area (Å²) in [6.07, 6.45) is 11.0. The first-order chi connectivity index (χ1) is 11.1. The molecule has 126 valence electrons. The highest BCUT2D eigenvalue weighted by Gasteiger charge is 2.24. The summed E-state index contributed by atoms with van der Waals surface area (Å²) in [4.78, 5) is 11.3. The topological polar surface area (TPSA) is 29.1 Å². The van der Waals surface area contributed by atoms with Crippen LogP contribution in [0.2, 0.25) is 0 Å². The van der Waals surface area contributed by atoms with Crippen LogP contribution >= 0.6 is 0 Å². The fraction of sp³-hybridized carbons (Fsp3) is 0.550. The number of rotatable bonds is 7. The lowest BCUT2D eigenvalue weighted by Crippen LogP contribution is -2.15. The molecule has 0 radical (unpaired) electrons. The highest BCUT2D eigenvalue weighted by molar-refractivity contribution is 5.98. The first-order valence-electron chi connectivity index (χ1n) is 8.87. The third kappa shape index (κ3) is 5.19. The monoisotopic (exact) mass is 317 g/mol. The molecule has 1 aliphatic rings. The van der Waals surface area contributed by atoms with Gasteiger partial charge in [-0.15, -0.1) is 0 Å². The molecule has 3 heteroatoms. The van der Waals surface area contributed by atoms with Crippen LogP contribution in [0.15, 0.2) is 30.9 Å². The first kappa shape index (κ1) is 17.7. The zero-order valence-corrected chi connectivity index (χ0v) is 14.1. The molecule has 0 aromatic heterocycles. The Morgan fingerprint density at radius 2 is 2.04 bits per heavy atom. The highest BCUT2D eigenvalue weighted by Crippen LogP contribution is 2.39. The van der Waals surface area contributed by atoms with Crippen LogP contribution in [0.25, 0.3) is 0 Å². The molecule has 1 N–H and O–H groups in total. The highest BCUT2D eigenvalue weighted by atomic mass is 19.1. The molecule has 2 nitrogen and oxygen atoms in total. The Bertz CT molecular complexity index is 532. The zero-order chi connectivity index (χ0) is 16.7. The van der Waals surface area contributed by atoms with Crippen LogP contribution in [0.4, 0.5) is 10.1 Å². The normalized spacial score (nSPS) is 21.0. The van der Waals surface area contributed by atoms with Crippen molar-refractivity contribution >= 4 is 11.6 Å². The third-order valence-corrected chi connectivity index (χ3v) is 4.96. The van der Waals surface area contributed by atoms with E-state index in [9.17, 15) is 9.18 Å². The summed E-state index contributed by atoms with van der Waals surface area (Å²) in [5.41, 5.74) is 1.29. The SMILES string of the molecule is C=CC(=O)Nc1ccc(C2CCC(CCCCC)CC2)c(F)c1. The molecule has 0 unspecified atom stereocenters. The van der Waals surface area contributed by atoms with Crippen molar-refractivity contribution in [1.82, 2.24) is 0 Å². The Morgan fingerprint density at radius 3 is 2.65 bits per heavy atom. The van der Waals surface area contributed by atoms with Gasteiger partial charge < -0.3 is 5.32 Å². The molecule has 0 spiro atoms. The molecule has 2 rings (SSSR count). The van der Waals surface area contributed by atoms with Gasteiger partial charge in [0, 0.05) is 5.69 Å². The summed E-state index contributed by atoms with van der Waals surface area (Å²) in [6.45, 7) is 5.63. The predicted molar refractivity (Wildman–Crippen MR) is 94.1 cm³/mol.